The predicted molar refractivity (Wildman–Crippen MR) is 291 cm³/mol. The van der Waals surface area contributed by atoms with Crippen molar-refractivity contribution in [3.05, 3.63) is 268 Å². The van der Waals surface area contributed by atoms with Gasteiger partial charge in [0.1, 0.15) is 72.3 Å². The Labute approximate surface area is 444 Å². The second-order valence-electron chi connectivity index (χ2n) is 18.3. The number of methoxy groups -OCH3 is 1. The van der Waals surface area contributed by atoms with Gasteiger partial charge in [-0.3, -0.25) is 4.79 Å². The van der Waals surface area contributed by atoms with Crippen LogP contribution in [0.1, 0.15) is 61.0 Å². The van der Waals surface area contributed by atoms with Crippen LogP contribution in [0.4, 0.5) is 0 Å². The second kappa shape index (κ2) is 27.6. The number of ether oxygens (including phenoxy) is 9. The summed E-state index contributed by atoms with van der Waals surface area (Å²) in [4.78, 5) is 15.0. The van der Waals surface area contributed by atoms with Gasteiger partial charge in [-0.05, 0) is 57.2 Å². The molecule has 8 aromatic rings. The summed E-state index contributed by atoms with van der Waals surface area (Å²) in [6.07, 6.45) is -1.52. The molecule has 9 rings (SSSR count). The highest BCUT2D eigenvalue weighted by Crippen LogP contribution is 2.49. The van der Waals surface area contributed by atoms with E-state index in [2.05, 4.69) is 0 Å². The van der Waals surface area contributed by atoms with Crippen molar-refractivity contribution in [3.63, 3.8) is 0 Å². The molecule has 11 nitrogen and oxygen atoms in total. The molecule has 76 heavy (non-hydrogen) atoms. The molecule has 1 saturated heterocycles. The summed E-state index contributed by atoms with van der Waals surface area (Å²) in [5, 5.41) is 13.2. The van der Waals surface area contributed by atoms with E-state index in [0.717, 1.165) is 38.9 Å². The maximum atomic E-state index is 15.0. The van der Waals surface area contributed by atoms with Crippen molar-refractivity contribution in [2.45, 2.75) is 70.2 Å². The Bertz CT molecular complexity index is 3010. The van der Waals surface area contributed by atoms with Gasteiger partial charge in [-0.25, -0.2) is 0 Å². The summed E-state index contributed by atoms with van der Waals surface area (Å²) in [6.45, 7) is 1.19. The van der Waals surface area contributed by atoms with Gasteiger partial charge >= 0.3 is 0 Å². The average molecular weight is 1020 g/mol. The second-order valence-corrected chi connectivity index (χ2v) is 18.3. The lowest BCUT2D eigenvalue weighted by Crippen LogP contribution is -2.58. The monoisotopic (exact) mass is 1020 g/mol. The van der Waals surface area contributed by atoms with Gasteiger partial charge in [0.25, 0.3) is 0 Å². The van der Waals surface area contributed by atoms with Gasteiger partial charge in [0.15, 0.2) is 12.6 Å². The molecule has 0 bridgehead atoms. The van der Waals surface area contributed by atoms with Crippen LogP contribution in [0.15, 0.2) is 218 Å². The van der Waals surface area contributed by atoms with E-state index in [9.17, 15) is 9.90 Å². The van der Waals surface area contributed by atoms with E-state index < -0.39 is 42.1 Å². The summed E-state index contributed by atoms with van der Waals surface area (Å²) in [6, 6.07) is 67.7. The van der Waals surface area contributed by atoms with Gasteiger partial charge in [0, 0.05) is 13.2 Å². The molecule has 1 fully saturated rings. The third-order valence-electron chi connectivity index (χ3n) is 12.8. The number of hydrogen-bond acceptors (Lipinski definition) is 11. The minimum absolute atomic E-state index is 0.0600. The molecular formula is C65H62O11. The Balaban J connectivity index is 1.20. The Morgan fingerprint density at radius 2 is 0.934 bits per heavy atom. The van der Waals surface area contributed by atoms with Crippen molar-refractivity contribution in [2.75, 3.05) is 20.5 Å². The van der Waals surface area contributed by atoms with E-state index in [0.29, 0.717) is 5.75 Å². The molecule has 0 aliphatic carbocycles. The SMILES string of the molecule is COCOc1ccc(/C=C\C(=O)c2c(OCc3ccccc3)cc(OCc3ccccc3)c([C@@H]3O[C@H](COCc4ccccc4)[C@@H](OCc4ccccc4)[C@H](OCc4ccccc4)[C@H]3OCc3ccccc3)c2O)cc1. The van der Waals surface area contributed by atoms with E-state index in [4.69, 9.17) is 42.6 Å². The molecule has 0 aromatic heterocycles. The highest BCUT2D eigenvalue weighted by Gasteiger charge is 2.51. The maximum Gasteiger partial charge on any atom is 0.193 e. The quantitative estimate of drug-likeness (QED) is 0.0317. The fourth-order valence-electron chi connectivity index (χ4n) is 8.93. The highest BCUT2D eigenvalue weighted by atomic mass is 16.7. The molecular weight excluding hydrogens is 957 g/mol. The number of phenolic OH excluding ortho intramolecular Hbond substituents is 1. The lowest BCUT2D eigenvalue weighted by atomic mass is 9.87. The number of carbonyl (C=O) groups excluding carboxylic acids is 1. The molecule has 0 amide bonds. The number of benzene rings is 8. The molecule has 388 valence electrons. The summed E-state index contributed by atoms with van der Waals surface area (Å²) in [7, 11) is 1.55. The number of rotatable bonds is 26. The van der Waals surface area contributed by atoms with Crippen LogP contribution in [0.5, 0.6) is 23.0 Å². The molecule has 5 atom stereocenters. The van der Waals surface area contributed by atoms with Crippen LogP contribution in [0.3, 0.4) is 0 Å². The van der Waals surface area contributed by atoms with Gasteiger partial charge in [-0.1, -0.05) is 200 Å². The summed E-state index contributed by atoms with van der Waals surface area (Å²) < 4.78 is 59.1. The standard InChI is InChI=1S/C65H62O11/c1-68-46-75-54-35-32-47(33-36-54)34-37-55(66)59-56(70-40-49-22-10-3-11-23-49)38-57(71-41-50-24-12-4-13-25-50)60(61(59)67)63-65(74-44-53-30-18-7-19-31-53)64(73-43-52-28-16-6-17-29-52)62(72-42-51-26-14-5-15-27-51)58(76-63)45-69-39-48-20-8-2-9-21-48/h2-38,58,62-65,67H,39-46H2,1H3/b37-34-/t58-,62-,63+,64+,65+/m1/s1. The summed E-state index contributed by atoms with van der Waals surface area (Å²) in [5.41, 5.74) is 6.26. The van der Waals surface area contributed by atoms with Crippen molar-refractivity contribution in [3.8, 4) is 23.0 Å². The third kappa shape index (κ3) is 14.7. The number of ketones is 1. The van der Waals surface area contributed by atoms with Crippen LogP contribution in [0, 0.1) is 0 Å². The van der Waals surface area contributed by atoms with Crippen molar-refractivity contribution in [1.82, 2.24) is 0 Å². The molecule has 0 radical (unpaired) electrons. The molecule has 1 heterocycles. The van der Waals surface area contributed by atoms with Gasteiger partial charge in [0.05, 0.1) is 38.6 Å². The largest absolute Gasteiger partial charge is 0.506 e. The number of hydrogen-bond donors (Lipinski definition) is 1. The third-order valence-corrected chi connectivity index (χ3v) is 12.8. The van der Waals surface area contributed by atoms with Gasteiger partial charge in [-0.2, -0.15) is 0 Å². The molecule has 0 spiro atoms. The minimum atomic E-state index is -1.16. The van der Waals surface area contributed by atoms with Crippen molar-refractivity contribution < 1.29 is 52.5 Å². The lowest BCUT2D eigenvalue weighted by molar-refractivity contribution is -0.275. The summed E-state index contributed by atoms with van der Waals surface area (Å²) >= 11 is 0. The predicted octanol–water partition coefficient (Wildman–Crippen LogP) is 12.8. The Hall–Kier alpha value is -7.87. The Kier molecular flexibility index (Phi) is 19.2. The van der Waals surface area contributed by atoms with Crippen LogP contribution >= 0.6 is 0 Å². The van der Waals surface area contributed by atoms with Gasteiger partial charge in [-0.15, -0.1) is 0 Å². The number of allylic oxidation sites excluding steroid dienone is 1. The van der Waals surface area contributed by atoms with E-state index in [1.807, 2.05) is 194 Å². The maximum absolute atomic E-state index is 15.0. The summed E-state index contributed by atoms with van der Waals surface area (Å²) in [5.74, 6) is -0.0113. The zero-order valence-corrected chi connectivity index (χ0v) is 42.4. The van der Waals surface area contributed by atoms with Crippen LogP contribution < -0.4 is 14.2 Å². The van der Waals surface area contributed by atoms with Crippen LogP contribution in [-0.4, -0.2) is 55.8 Å². The van der Waals surface area contributed by atoms with Gasteiger partial charge in [0.2, 0.25) is 0 Å². The van der Waals surface area contributed by atoms with E-state index in [1.165, 1.54) is 6.08 Å². The smallest absolute Gasteiger partial charge is 0.193 e. The van der Waals surface area contributed by atoms with Crippen LogP contribution in [0.25, 0.3) is 6.08 Å². The lowest BCUT2D eigenvalue weighted by Gasteiger charge is -2.46. The van der Waals surface area contributed by atoms with Crippen LogP contribution in [0.2, 0.25) is 0 Å². The van der Waals surface area contributed by atoms with E-state index >= 15 is 0 Å². The topological polar surface area (TPSA) is 120 Å². The highest BCUT2D eigenvalue weighted by molar-refractivity contribution is 6.11. The number of carbonyl (C=O) groups is 1. The zero-order valence-electron chi connectivity index (χ0n) is 42.4. The molecule has 11 heteroatoms. The first kappa shape index (κ1) is 53.0. The van der Waals surface area contributed by atoms with E-state index in [1.54, 1.807) is 31.4 Å². The van der Waals surface area contributed by atoms with Crippen molar-refractivity contribution in [2.24, 2.45) is 0 Å². The van der Waals surface area contributed by atoms with Gasteiger partial charge < -0.3 is 47.7 Å². The van der Waals surface area contributed by atoms with Crippen molar-refractivity contribution in [1.29, 1.82) is 0 Å². The Morgan fingerprint density at radius 1 is 0.500 bits per heavy atom. The molecule has 0 saturated carbocycles. The molecule has 8 aromatic carbocycles. The first-order valence-electron chi connectivity index (χ1n) is 25.4. The molecule has 1 aliphatic heterocycles. The first-order chi connectivity index (χ1) is 37.5. The molecule has 1 N–H and O–H groups in total. The molecule has 0 unspecified atom stereocenters. The number of aromatic hydroxyl groups is 1. The number of phenols is 1. The van der Waals surface area contributed by atoms with Crippen molar-refractivity contribution >= 4 is 11.9 Å². The average Bonchev–Trinajstić information content (AvgIpc) is 3.48. The normalized spacial score (nSPS) is 17.3. The first-order valence-corrected chi connectivity index (χ1v) is 25.4. The van der Waals surface area contributed by atoms with E-state index in [-0.39, 0.29) is 75.7 Å². The molecule has 1 aliphatic rings. The van der Waals surface area contributed by atoms with Crippen LogP contribution in [-0.2, 0) is 68.1 Å². The fourth-order valence-corrected chi connectivity index (χ4v) is 8.93. The minimum Gasteiger partial charge on any atom is -0.506 e. The zero-order chi connectivity index (χ0) is 52.2. The Morgan fingerprint density at radius 3 is 1.42 bits per heavy atom. The fraction of sp³-hybridized carbons (Fsp3) is 0.215.